The molecule has 614 valence electrons. The maximum atomic E-state index is 12.8. The molecule has 0 aromatic carbocycles. The number of ketones is 4. The summed E-state index contributed by atoms with van der Waals surface area (Å²) in [5.41, 5.74) is -0.783. The van der Waals surface area contributed by atoms with Crippen LogP contribution < -0.4 is 25.3 Å². The minimum absolute atomic E-state index is 0. The molecule has 0 aromatic rings. The van der Waals surface area contributed by atoms with E-state index >= 15 is 0 Å². The van der Waals surface area contributed by atoms with Crippen LogP contribution in [0.3, 0.4) is 0 Å². The Bertz CT molecular complexity index is 2280. The van der Waals surface area contributed by atoms with Crippen molar-refractivity contribution >= 4 is 58.4 Å². The maximum absolute atomic E-state index is 12.8. The number of aliphatic hydroxyl groups excluding tert-OH is 9. The van der Waals surface area contributed by atoms with Gasteiger partial charge in [-0.1, -0.05) is 42.0 Å². The molecule has 18 unspecified atom stereocenters. The number of ether oxygens (including phenoxy) is 9. The van der Waals surface area contributed by atoms with E-state index in [1.54, 1.807) is 0 Å². The zero-order valence-electron chi connectivity index (χ0n) is 56.8. The van der Waals surface area contributed by atoms with Gasteiger partial charge >= 0.3 is 0 Å². The Morgan fingerprint density at radius 1 is 0.356 bits per heavy atom. The third-order valence-corrected chi connectivity index (χ3v) is 17.7. The Morgan fingerprint density at radius 2 is 0.615 bits per heavy atom. The highest BCUT2D eigenvalue weighted by molar-refractivity contribution is 7.45. The van der Waals surface area contributed by atoms with Crippen molar-refractivity contribution in [3.63, 3.8) is 0 Å². The van der Waals surface area contributed by atoms with E-state index in [2.05, 4.69) is 24.2 Å². The largest absolute Gasteiger partial charge is 0.756 e. The Hall–Kier alpha value is -2.77. The van der Waals surface area contributed by atoms with Gasteiger partial charge in [0.15, 0.2) is 18.9 Å². The van der Waals surface area contributed by atoms with Gasteiger partial charge in [0.1, 0.15) is 96.4 Å². The lowest BCUT2D eigenvalue weighted by Gasteiger charge is -2.40. The summed E-state index contributed by atoms with van der Waals surface area (Å²) in [5.74, 6) is -0.704. The Labute approximate surface area is 607 Å². The summed E-state index contributed by atoms with van der Waals surface area (Å²) in [5, 5.41) is 96.6. The van der Waals surface area contributed by atoms with Gasteiger partial charge in [-0.15, -0.1) is 0 Å². The predicted octanol–water partition coefficient (Wildman–Crippen LogP) is -1.66. The molecule has 0 radical (unpaired) electrons. The normalized spacial score (nSPS) is 27.1. The van der Waals surface area contributed by atoms with Gasteiger partial charge in [-0.2, -0.15) is 0 Å². The van der Waals surface area contributed by atoms with Crippen LogP contribution in [0.1, 0.15) is 177 Å². The lowest BCUT2D eigenvalue weighted by Crippen LogP contribution is -2.59. The second-order valence-electron chi connectivity index (χ2n) is 25.4. The van der Waals surface area contributed by atoms with E-state index in [4.69, 9.17) is 57.3 Å². The Balaban J connectivity index is 0.0000354. The molecule has 0 saturated carbocycles. The number of carbonyl (C=O) groups is 6. The number of aliphatic hydroxyl groups is 9. The molecule has 104 heavy (non-hydrogen) atoms. The van der Waals surface area contributed by atoms with Gasteiger partial charge in [0.2, 0.25) is 11.8 Å². The molecule has 0 bridgehead atoms. The lowest BCUT2D eigenvalue weighted by atomic mass is 9.94. The number of hydrogen-bond acceptors (Lipinski definition) is 33. The average molecular weight is 1570 g/mol. The number of phosphoric acid groups is 3. The van der Waals surface area contributed by atoms with Crippen LogP contribution in [0.4, 0.5) is 0 Å². The second kappa shape index (κ2) is 54.0. The molecule has 3 fully saturated rings. The molecule has 0 aromatic heterocycles. The first-order valence-electron chi connectivity index (χ1n) is 33.9. The number of unbranched alkanes of at least 4 members (excludes halogenated alkanes) is 7. The van der Waals surface area contributed by atoms with Crippen molar-refractivity contribution in [2.75, 3.05) is 92.4 Å². The van der Waals surface area contributed by atoms with Gasteiger partial charge in [0.25, 0.3) is 23.5 Å². The minimum atomic E-state index is -5.17. The van der Waals surface area contributed by atoms with Crippen molar-refractivity contribution in [1.29, 1.82) is 0 Å². The van der Waals surface area contributed by atoms with E-state index in [1.807, 2.05) is 6.92 Å². The molecule has 3 aliphatic rings. The van der Waals surface area contributed by atoms with Gasteiger partial charge in [0.05, 0.1) is 59.5 Å². The second-order valence-corrected chi connectivity index (χ2v) is 29.0. The van der Waals surface area contributed by atoms with Crippen LogP contribution in [0.25, 0.3) is 0 Å². The summed E-state index contributed by atoms with van der Waals surface area (Å²) in [4.78, 5) is 135. The molecular weight excluding hydrogens is 1450 g/mol. The monoisotopic (exact) mass is 1570 g/mol. The SMILES string of the molecule is C.C.C.CC(COCCC(=O)CCCCCC(=O)CCCCOC1OC(COP(=O)([O-])O)C(O)C(O)C1O)(COCCC(=O)CCCCCC(=O)CCCCOC1OC(COP(=O)([O-])O)C(O)C(O)C1O)COCCC(=O)NCCCNC(=O)CCCCOC1OC(COP(=O)([O-])O)C(O)C(O)C1O. The van der Waals surface area contributed by atoms with Gasteiger partial charge in [-0.25, -0.2) is 0 Å². The molecule has 0 aliphatic carbocycles. The Kier molecular flexibility index (Phi) is 52.5. The first kappa shape index (κ1) is 101. The number of rotatable bonds is 58. The summed E-state index contributed by atoms with van der Waals surface area (Å²) in [6, 6.07) is 0. The molecule has 18 atom stereocenters. The standard InChI is InChI=1S/C60H109N2O36P3.3CH4/c1-60(36-87-30-22-41(65)17-6-2-4-15-39(63)19-8-11-27-90-57-54(75)51(72)48(69)43(96-57)33-93-99(78,79)80,37-88-31-23-42(66)18-7-3-5-16-40(64)20-9-12-28-91-58-55(76)52(73)49(70)44(97-58)34-94-100(81,82)83)38-89-32-24-47(68)62-26-14-25-61-46(67)21-10-13-29-92-59-56(77)53(74)50(71)45(98-59)35-95-101(84,85)86;;;/h43-45,48-59,69-77H,2-38H2,1H3,(H,61,67)(H,62,68)(H2,78,79,80)(H2,81,82,83)(H2,84,85,86);3*1H4/p-3. The first-order valence-corrected chi connectivity index (χ1v) is 38.4. The summed E-state index contributed by atoms with van der Waals surface area (Å²) in [7, 11) is -15.5. The van der Waals surface area contributed by atoms with Crippen molar-refractivity contribution in [3.05, 3.63) is 0 Å². The van der Waals surface area contributed by atoms with E-state index in [-0.39, 0.29) is 194 Å². The van der Waals surface area contributed by atoms with Crippen LogP contribution in [0, 0.1) is 5.41 Å². The van der Waals surface area contributed by atoms with Gasteiger partial charge in [0, 0.05) is 103 Å². The summed E-state index contributed by atoms with van der Waals surface area (Å²) in [6.45, 7) is 0.191. The average Bonchev–Trinajstić information content (AvgIpc) is 0.821. The number of amides is 2. The van der Waals surface area contributed by atoms with Gasteiger partial charge < -0.3 is 142 Å². The highest BCUT2D eigenvalue weighted by Crippen LogP contribution is 2.35. The minimum Gasteiger partial charge on any atom is -0.756 e. The molecule has 2 amide bonds. The smallest absolute Gasteiger partial charge is 0.265 e. The third-order valence-electron chi connectivity index (χ3n) is 16.3. The van der Waals surface area contributed by atoms with Crippen molar-refractivity contribution < 1.29 is 174 Å². The highest BCUT2D eigenvalue weighted by Gasteiger charge is 2.47. The number of hydrogen-bond donors (Lipinski definition) is 14. The maximum Gasteiger partial charge on any atom is 0.265 e. The summed E-state index contributed by atoms with van der Waals surface area (Å²) in [6.07, 6.45) is -16.2. The van der Waals surface area contributed by atoms with Crippen LogP contribution >= 0.6 is 23.5 Å². The van der Waals surface area contributed by atoms with Crippen molar-refractivity contribution in [1.82, 2.24) is 10.6 Å². The number of phosphoric ester groups is 3. The van der Waals surface area contributed by atoms with Gasteiger partial charge in [-0.05, 0) is 70.6 Å². The van der Waals surface area contributed by atoms with E-state index in [0.717, 1.165) is 0 Å². The van der Waals surface area contributed by atoms with Crippen molar-refractivity contribution in [3.8, 4) is 0 Å². The molecule has 3 rings (SSSR count). The van der Waals surface area contributed by atoms with Crippen LogP contribution in [-0.4, -0.2) is 280 Å². The van der Waals surface area contributed by atoms with Crippen LogP contribution in [0.5, 0.6) is 0 Å². The summed E-state index contributed by atoms with van der Waals surface area (Å²) < 4.78 is 95.5. The fourth-order valence-corrected chi connectivity index (χ4v) is 11.4. The molecule has 3 aliphatic heterocycles. The highest BCUT2D eigenvalue weighted by atomic mass is 31.2. The fourth-order valence-electron chi connectivity index (χ4n) is 10.4. The van der Waals surface area contributed by atoms with E-state index < -0.39 is 141 Å². The van der Waals surface area contributed by atoms with Crippen LogP contribution in [0.15, 0.2) is 0 Å². The number of Topliss-reactive ketones (excluding diaryl/α,β-unsaturated/α-hetero) is 4. The topological polar surface area (TPSA) is 600 Å². The fraction of sp³-hybridized carbons (Fsp3) is 0.905. The summed E-state index contributed by atoms with van der Waals surface area (Å²) >= 11 is 0. The predicted molar refractivity (Wildman–Crippen MR) is 358 cm³/mol. The molecule has 14 N–H and O–H groups in total. The molecule has 3 saturated heterocycles. The Morgan fingerprint density at radius 3 is 0.913 bits per heavy atom. The molecule has 41 heteroatoms. The first-order chi connectivity index (χ1) is 47.6. The van der Waals surface area contributed by atoms with Crippen LogP contribution in [0.2, 0.25) is 0 Å². The molecule has 38 nitrogen and oxygen atoms in total. The molecular formula is C63H118N2O36P3-3. The third kappa shape index (κ3) is 44.2. The van der Waals surface area contributed by atoms with Crippen molar-refractivity contribution in [2.24, 2.45) is 5.41 Å². The molecule has 0 spiro atoms. The van der Waals surface area contributed by atoms with E-state index in [9.17, 15) is 103 Å². The molecule has 3 heterocycles. The zero-order chi connectivity index (χ0) is 75.2. The van der Waals surface area contributed by atoms with Crippen LogP contribution in [-0.2, 0) is 98.7 Å². The zero-order valence-corrected chi connectivity index (χ0v) is 59.5. The number of carbonyl (C=O) groups excluding carboxylic acids is 6. The number of nitrogens with one attached hydrogen (secondary N) is 2. The van der Waals surface area contributed by atoms with E-state index in [0.29, 0.717) is 83.5 Å². The van der Waals surface area contributed by atoms with Gasteiger partial charge in [-0.3, -0.25) is 42.5 Å². The van der Waals surface area contributed by atoms with E-state index in [1.165, 1.54) is 0 Å². The van der Waals surface area contributed by atoms with Crippen molar-refractivity contribution in [2.45, 2.75) is 269 Å². The lowest BCUT2D eigenvalue weighted by molar-refractivity contribution is -0.303. The quantitative estimate of drug-likeness (QED) is 0.0239.